The average Bonchev–Trinajstić information content (AvgIpc) is 2.59. The molecule has 1 N–H and O–H groups in total. The highest BCUT2D eigenvalue weighted by atomic mass is 35.5. The van der Waals surface area contributed by atoms with E-state index in [0.717, 1.165) is 11.3 Å². The minimum atomic E-state index is -0.247. The van der Waals surface area contributed by atoms with Gasteiger partial charge in [-0.2, -0.15) is 5.10 Å². The number of carbonyl (C=O) groups is 1. The maximum Gasteiger partial charge on any atom is 0.236 e. The molecule has 5 nitrogen and oxygen atoms in total. The van der Waals surface area contributed by atoms with E-state index in [9.17, 15) is 4.79 Å². The fourth-order valence-electron chi connectivity index (χ4n) is 2.49. The fraction of sp³-hybridized carbons (Fsp3) is 0.333. The van der Waals surface area contributed by atoms with Crippen molar-refractivity contribution >= 4 is 23.7 Å². The van der Waals surface area contributed by atoms with Gasteiger partial charge in [0, 0.05) is 17.5 Å². The fourth-order valence-corrected chi connectivity index (χ4v) is 2.67. The Morgan fingerprint density at radius 1 is 1.15 bits per heavy atom. The number of benzene rings is 2. The zero-order valence-corrected chi connectivity index (χ0v) is 16.8. The van der Waals surface area contributed by atoms with Crippen molar-refractivity contribution in [3.63, 3.8) is 0 Å². The van der Waals surface area contributed by atoms with Crippen LogP contribution in [0, 0.1) is 6.92 Å². The van der Waals surface area contributed by atoms with Crippen molar-refractivity contribution in [2.24, 2.45) is 5.10 Å². The molecular formula is C21H25ClN2O3. The monoisotopic (exact) mass is 388 g/mol. The van der Waals surface area contributed by atoms with E-state index in [2.05, 4.69) is 36.5 Å². The Kier molecular flexibility index (Phi) is 7.67. The number of rotatable bonds is 8. The van der Waals surface area contributed by atoms with Crippen LogP contribution in [0.5, 0.6) is 11.5 Å². The summed E-state index contributed by atoms with van der Waals surface area (Å²) in [7, 11) is 0. The van der Waals surface area contributed by atoms with E-state index in [-0.39, 0.29) is 5.91 Å². The van der Waals surface area contributed by atoms with E-state index in [1.54, 1.807) is 18.2 Å². The Labute approximate surface area is 165 Å². The van der Waals surface area contributed by atoms with Crippen molar-refractivity contribution in [2.75, 3.05) is 13.2 Å². The standard InChI is InChI=1S/C21H25ClN2O3/c1-14(2)19-7-5-15(3)11-21(19)27-10-9-26-20-8-6-18(22)12-17(20)13-23-24-16(4)25/h5-8,11-14H,9-10H2,1-4H3,(H,24,25)/b23-13-. The van der Waals surface area contributed by atoms with Crippen molar-refractivity contribution < 1.29 is 14.3 Å². The van der Waals surface area contributed by atoms with Gasteiger partial charge in [0.2, 0.25) is 5.91 Å². The maximum absolute atomic E-state index is 10.9. The van der Waals surface area contributed by atoms with Gasteiger partial charge in [-0.1, -0.05) is 37.6 Å². The number of hydrogen-bond donors (Lipinski definition) is 1. The Morgan fingerprint density at radius 2 is 1.85 bits per heavy atom. The highest BCUT2D eigenvalue weighted by molar-refractivity contribution is 6.30. The van der Waals surface area contributed by atoms with E-state index in [1.807, 2.05) is 13.0 Å². The molecule has 0 aliphatic carbocycles. The van der Waals surface area contributed by atoms with Crippen LogP contribution in [0.1, 0.15) is 43.4 Å². The molecule has 2 aromatic rings. The van der Waals surface area contributed by atoms with E-state index in [0.29, 0.717) is 35.5 Å². The Balaban J connectivity index is 1.99. The molecule has 144 valence electrons. The van der Waals surface area contributed by atoms with Gasteiger partial charge in [-0.25, -0.2) is 5.43 Å². The number of nitrogens with one attached hydrogen (secondary N) is 1. The van der Waals surface area contributed by atoms with Crippen LogP contribution in [0.15, 0.2) is 41.5 Å². The van der Waals surface area contributed by atoms with Crippen LogP contribution >= 0.6 is 11.6 Å². The number of hydrazone groups is 1. The second kappa shape index (κ2) is 9.97. The molecule has 0 aromatic heterocycles. The summed E-state index contributed by atoms with van der Waals surface area (Å²) in [6.07, 6.45) is 1.50. The van der Waals surface area contributed by atoms with Crippen molar-refractivity contribution in [2.45, 2.75) is 33.6 Å². The smallest absolute Gasteiger partial charge is 0.236 e. The Bertz CT molecular complexity index is 819. The lowest BCUT2D eigenvalue weighted by molar-refractivity contribution is -0.118. The molecule has 0 aliphatic heterocycles. The van der Waals surface area contributed by atoms with Crippen LogP contribution in [0.3, 0.4) is 0 Å². The summed E-state index contributed by atoms with van der Waals surface area (Å²) in [6.45, 7) is 8.50. The molecule has 0 saturated heterocycles. The van der Waals surface area contributed by atoms with Crippen LogP contribution in [-0.2, 0) is 4.79 Å². The summed E-state index contributed by atoms with van der Waals surface area (Å²) in [5.41, 5.74) is 5.37. The van der Waals surface area contributed by atoms with Crippen molar-refractivity contribution in [3.05, 3.63) is 58.1 Å². The number of nitrogens with zero attached hydrogens (tertiary/aromatic N) is 1. The molecular weight excluding hydrogens is 364 g/mol. The first kappa shape index (κ1) is 20.8. The second-order valence-electron chi connectivity index (χ2n) is 6.50. The summed E-state index contributed by atoms with van der Waals surface area (Å²) < 4.78 is 11.7. The van der Waals surface area contributed by atoms with E-state index in [4.69, 9.17) is 21.1 Å². The molecule has 6 heteroatoms. The van der Waals surface area contributed by atoms with Gasteiger partial charge < -0.3 is 9.47 Å². The molecule has 0 heterocycles. The molecule has 0 spiro atoms. The van der Waals surface area contributed by atoms with Crippen molar-refractivity contribution in [3.8, 4) is 11.5 Å². The highest BCUT2D eigenvalue weighted by Crippen LogP contribution is 2.27. The van der Waals surface area contributed by atoms with Gasteiger partial charge in [0.25, 0.3) is 0 Å². The first-order valence-corrected chi connectivity index (χ1v) is 9.20. The minimum Gasteiger partial charge on any atom is -0.490 e. The zero-order valence-electron chi connectivity index (χ0n) is 16.1. The third-order valence-electron chi connectivity index (χ3n) is 3.79. The van der Waals surface area contributed by atoms with Gasteiger partial charge in [0.05, 0.1) is 6.21 Å². The van der Waals surface area contributed by atoms with Gasteiger partial charge in [-0.05, 0) is 48.2 Å². The van der Waals surface area contributed by atoms with Gasteiger partial charge >= 0.3 is 0 Å². The van der Waals surface area contributed by atoms with Gasteiger partial charge in [0.15, 0.2) is 0 Å². The highest BCUT2D eigenvalue weighted by Gasteiger charge is 2.09. The van der Waals surface area contributed by atoms with E-state index < -0.39 is 0 Å². The Morgan fingerprint density at radius 3 is 2.52 bits per heavy atom. The topological polar surface area (TPSA) is 59.9 Å². The molecule has 0 bridgehead atoms. The molecule has 0 radical (unpaired) electrons. The number of carbonyl (C=O) groups excluding carboxylic acids is 1. The predicted molar refractivity (Wildman–Crippen MR) is 109 cm³/mol. The van der Waals surface area contributed by atoms with Crippen LogP contribution in [0.4, 0.5) is 0 Å². The number of ether oxygens (including phenoxy) is 2. The molecule has 0 saturated carbocycles. The van der Waals surface area contributed by atoms with Crippen molar-refractivity contribution in [1.29, 1.82) is 0 Å². The lowest BCUT2D eigenvalue weighted by Crippen LogP contribution is -2.13. The number of halogens is 1. The minimum absolute atomic E-state index is 0.247. The first-order valence-electron chi connectivity index (χ1n) is 8.82. The zero-order chi connectivity index (χ0) is 19.8. The van der Waals surface area contributed by atoms with Crippen LogP contribution < -0.4 is 14.9 Å². The first-order chi connectivity index (χ1) is 12.9. The van der Waals surface area contributed by atoms with Gasteiger partial charge in [-0.15, -0.1) is 0 Å². The summed E-state index contributed by atoms with van der Waals surface area (Å²) in [5.74, 6) is 1.64. The lowest BCUT2D eigenvalue weighted by atomic mass is 10.0. The summed E-state index contributed by atoms with van der Waals surface area (Å²) >= 11 is 6.03. The number of aryl methyl sites for hydroxylation is 1. The maximum atomic E-state index is 10.9. The van der Waals surface area contributed by atoms with Gasteiger partial charge in [-0.3, -0.25) is 4.79 Å². The van der Waals surface area contributed by atoms with E-state index in [1.165, 1.54) is 18.7 Å². The molecule has 1 amide bonds. The number of hydrogen-bond acceptors (Lipinski definition) is 4. The summed E-state index contributed by atoms with van der Waals surface area (Å²) in [4.78, 5) is 10.9. The SMILES string of the molecule is CC(=O)N/N=C\c1cc(Cl)ccc1OCCOc1cc(C)ccc1C(C)C. The largest absolute Gasteiger partial charge is 0.490 e. The molecule has 0 fully saturated rings. The van der Waals surface area contributed by atoms with Gasteiger partial charge in [0.1, 0.15) is 24.7 Å². The number of amides is 1. The molecule has 2 aromatic carbocycles. The van der Waals surface area contributed by atoms with Crippen LogP contribution in [0.2, 0.25) is 5.02 Å². The predicted octanol–water partition coefficient (Wildman–Crippen LogP) is 4.70. The third kappa shape index (κ3) is 6.61. The Hall–Kier alpha value is -2.53. The molecule has 0 atom stereocenters. The van der Waals surface area contributed by atoms with E-state index >= 15 is 0 Å². The molecule has 2 rings (SSSR count). The molecule has 0 unspecified atom stereocenters. The van der Waals surface area contributed by atoms with Crippen molar-refractivity contribution in [1.82, 2.24) is 5.43 Å². The average molecular weight is 389 g/mol. The summed E-state index contributed by atoms with van der Waals surface area (Å²) in [5, 5.41) is 4.42. The lowest BCUT2D eigenvalue weighted by Gasteiger charge is -2.15. The molecule has 0 aliphatic rings. The van der Waals surface area contributed by atoms with Crippen LogP contribution in [0.25, 0.3) is 0 Å². The quantitative estimate of drug-likeness (QED) is 0.405. The normalized spacial score (nSPS) is 11.0. The second-order valence-corrected chi connectivity index (χ2v) is 6.94. The summed E-state index contributed by atoms with van der Waals surface area (Å²) in [6, 6.07) is 11.5. The third-order valence-corrected chi connectivity index (χ3v) is 4.02. The molecule has 27 heavy (non-hydrogen) atoms. The van der Waals surface area contributed by atoms with Crippen LogP contribution in [-0.4, -0.2) is 25.3 Å².